The third-order valence-corrected chi connectivity index (χ3v) is 6.49. The normalized spacial score (nSPS) is 19.5. The summed E-state index contributed by atoms with van der Waals surface area (Å²) in [5.74, 6) is 1.47. The molecule has 1 N–H and O–H groups in total. The van der Waals surface area contributed by atoms with E-state index in [1.807, 2.05) is 14.0 Å². The Morgan fingerprint density at radius 1 is 1.20 bits per heavy atom. The van der Waals surface area contributed by atoms with E-state index in [1.165, 1.54) is 11.1 Å². The van der Waals surface area contributed by atoms with E-state index in [1.54, 1.807) is 0 Å². The Bertz CT molecular complexity index is 726. The first-order chi connectivity index (χ1) is 14.5. The van der Waals surface area contributed by atoms with Crippen molar-refractivity contribution in [2.75, 3.05) is 39.8 Å². The number of ether oxygens (including phenoxy) is 1. The van der Waals surface area contributed by atoms with Gasteiger partial charge in [0.25, 0.3) is 0 Å². The topological polar surface area (TPSA) is 57.2 Å². The van der Waals surface area contributed by atoms with Gasteiger partial charge >= 0.3 is 5.97 Å². The molecule has 1 atom stereocenters. The molecule has 1 saturated heterocycles. The lowest BCUT2D eigenvalue weighted by atomic mass is 9.95. The summed E-state index contributed by atoms with van der Waals surface area (Å²) in [6, 6.07) is 9.26. The van der Waals surface area contributed by atoms with Crippen LogP contribution < -0.4 is 5.32 Å². The van der Waals surface area contributed by atoms with E-state index in [4.69, 9.17) is 4.74 Å². The van der Waals surface area contributed by atoms with E-state index in [0.29, 0.717) is 18.6 Å². The fraction of sp³-hybridized carbons (Fsp3) is 0.667. The summed E-state index contributed by atoms with van der Waals surface area (Å²) in [4.78, 5) is 21.4. The zero-order valence-corrected chi connectivity index (χ0v) is 19.1. The molecule has 166 valence electrons. The number of piperidine rings is 1. The quantitative estimate of drug-likeness (QED) is 0.441. The Balaban J connectivity index is 1.55. The van der Waals surface area contributed by atoms with Gasteiger partial charge in [-0.15, -0.1) is 0 Å². The largest absolute Gasteiger partial charge is 0.466 e. The van der Waals surface area contributed by atoms with Crippen molar-refractivity contribution >= 4 is 11.9 Å². The van der Waals surface area contributed by atoms with Crippen LogP contribution in [0.4, 0.5) is 0 Å². The molecule has 0 amide bonds. The van der Waals surface area contributed by atoms with Crippen molar-refractivity contribution in [1.82, 2.24) is 15.1 Å². The molecule has 0 saturated carbocycles. The summed E-state index contributed by atoms with van der Waals surface area (Å²) >= 11 is 0. The molecule has 0 aromatic heterocycles. The summed E-state index contributed by atoms with van der Waals surface area (Å²) < 4.78 is 5.19. The standard InChI is InChI=1S/C24H38N4O2/c1-5-30-23(29)20-11-13-27(14-12-20)24(25-4)26-16-22(18(2)3)28-15-10-19-8-6-7-9-21(19)17-28/h6-9,18,20,22H,5,10-17H2,1-4H3,(H,25,26). The zero-order chi connectivity index (χ0) is 21.5. The molecule has 2 heterocycles. The molecule has 6 heteroatoms. The number of carbonyl (C=O) groups excluding carboxylic acids is 1. The predicted octanol–water partition coefficient (Wildman–Crippen LogP) is 2.92. The first kappa shape index (κ1) is 22.6. The molecule has 0 spiro atoms. The molecule has 6 nitrogen and oxygen atoms in total. The van der Waals surface area contributed by atoms with E-state index < -0.39 is 0 Å². The van der Waals surface area contributed by atoms with Gasteiger partial charge in [-0.1, -0.05) is 38.1 Å². The lowest BCUT2D eigenvalue weighted by Gasteiger charge is -2.39. The van der Waals surface area contributed by atoms with Gasteiger partial charge in [0, 0.05) is 45.8 Å². The third-order valence-electron chi connectivity index (χ3n) is 6.49. The first-order valence-electron chi connectivity index (χ1n) is 11.5. The highest BCUT2D eigenvalue weighted by molar-refractivity contribution is 5.80. The highest BCUT2D eigenvalue weighted by atomic mass is 16.5. The van der Waals surface area contributed by atoms with Crippen molar-refractivity contribution in [2.45, 2.75) is 52.6 Å². The molecule has 2 aliphatic rings. The van der Waals surface area contributed by atoms with Crippen molar-refractivity contribution in [3.8, 4) is 0 Å². The second kappa shape index (κ2) is 10.8. The van der Waals surface area contributed by atoms with Crippen LogP contribution in [0.5, 0.6) is 0 Å². The van der Waals surface area contributed by atoms with Crippen LogP contribution in [-0.4, -0.2) is 67.6 Å². The van der Waals surface area contributed by atoms with Crippen LogP contribution in [-0.2, 0) is 22.5 Å². The molecule has 0 aliphatic carbocycles. The fourth-order valence-corrected chi connectivity index (χ4v) is 4.70. The van der Waals surface area contributed by atoms with Crippen molar-refractivity contribution in [1.29, 1.82) is 0 Å². The van der Waals surface area contributed by atoms with Crippen molar-refractivity contribution in [3.05, 3.63) is 35.4 Å². The number of nitrogens with zero attached hydrogens (tertiary/aromatic N) is 3. The van der Waals surface area contributed by atoms with Crippen LogP contribution in [0.25, 0.3) is 0 Å². The molecule has 1 aromatic rings. The maximum absolute atomic E-state index is 12.0. The van der Waals surface area contributed by atoms with Crippen LogP contribution in [0.1, 0.15) is 44.7 Å². The fourth-order valence-electron chi connectivity index (χ4n) is 4.70. The van der Waals surface area contributed by atoms with Crippen LogP contribution in [0.3, 0.4) is 0 Å². The van der Waals surface area contributed by atoms with Crippen molar-refractivity contribution in [2.24, 2.45) is 16.8 Å². The van der Waals surface area contributed by atoms with E-state index in [2.05, 4.69) is 58.2 Å². The minimum atomic E-state index is -0.0506. The molecule has 1 aromatic carbocycles. The maximum atomic E-state index is 12.0. The molecular formula is C24H38N4O2. The first-order valence-corrected chi connectivity index (χ1v) is 11.5. The minimum absolute atomic E-state index is 0.0242. The Morgan fingerprint density at radius 2 is 1.90 bits per heavy atom. The molecule has 0 bridgehead atoms. The number of esters is 1. The molecule has 3 rings (SSSR count). The van der Waals surface area contributed by atoms with Gasteiger partial charge in [-0.3, -0.25) is 14.7 Å². The van der Waals surface area contributed by atoms with E-state index in [0.717, 1.165) is 57.9 Å². The summed E-state index contributed by atoms with van der Waals surface area (Å²) in [5.41, 5.74) is 2.95. The van der Waals surface area contributed by atoms with Gasteiger partial charge in [0.2, 0.25) is 0 Å². The second-order valence-electron chi connectivity index (χ2n) is 8.74. The number of benzene rings is 1. The average molecular weight is 415 g/mol. The van der Waals surface area contributed by atoms with Gasteiger partial charge in [-0.05, 0) is 43.2 Å². The van der Waals surface area contributed by atoms with Gasteiger partial charge in [-0.2, -0.15) is 0 Å². The molecule has 30 heavy (non-hydrogen) atoms. The number of nitrogens with one attached hydrogen (secondary N) is 1. The monoisotopic (exact) mass is 414 g/mol. The average Bonchev–Trinajstić information content (AvgIpc) is 2.76. The number of fused-ring (bicyclic) bond motifs is 1. The zero-order valence-electron chi connectivity index (χ0n) is 19.1. The molecule has 1 fully saturated rings. The number of hydrogen-bond acceptors (Lipinski definition) is 4. The van der Waals surface area contributed by atoms with Crippen LogP contribution >= 0.6 is 0 Å². The van der Waals surface area contributed by atoms with Gasteiger partial charge in [0.05, 0.1) is 12.5 Å². The summed E-state index contributed by atoms with van der Waals surface area (Å²) in [6.45, 7) is 11.6. The van der Waals surface area contributed by atoms with Gasteiger partial charge in [0.1, 0.15) is 0 Å². The number of carbonyl (C=O) groups is 1. The highest BCUT2D eigenvalue weighted by Crippen LogP contribution is 2.23. The van der Waals surface area contributed by atoms with Gasteiger partial charge < -0.3 is 15.0 Å². The number of guanidine groups is 1. The lowest BCUT2D eigenvalue weighted by molar-refractivity contribution is -0.149. The van der Waals surface area contributed by atoms with Gasteiger partial charge in [-0.25, -0.2) is 0 Å². The van der Waals surface area contributed by atoms with E-state index in [9.17, 15) is 4.79 Å². The van der Waals surface area contributed by atoms with Gasteiger partial charge in [0.15, 0.2) is 5.96 Å². The van der Waals surface area contributed by atoms with Crippen LogP contribution in [0.15, 0.2) is 29.3 Å². The second-order valence-corrected chi connectivity index (χ2v) is 8.74. The Morgan fingerprint density at radius 3 is 2.53 bits per heavy atom. The molecule has 1 unspecified atom stereocenters. The number of hydrogen-bond donors (Lipinski definition) is 1. The van der Waals surface area contributed by atoms with Crippen LogP contribution in [0.2, 0.25) is 0 Å². The highest BCUT2D eigenvalue weighted by Gasteiger charge is 2.29. The Kier molecular flexibility index (Phi) is 8.14. The molecule has 0 radical (unpaired) electrons. The van der Waals surface area contributed by atoms with Crippen molar-refractivity contribution < 1.29 is 9.53 Å². The SMILES string of the molecule is CCOC(=O)C1CCN(C(=NC)NCC(C(C)C)N2CCc3ccccc3C2)CC1. The van der Waals surface area contributed by atoms with Crippen molar-refractivity contribution in [3.63, 3.8) is 0 Å². The number of aliphatic imine (C=N–C) groups is 1. The summed E-state index contributed by atoms with van der Waals surface area (Å²) in [6.07, 6.45) is 2.78. The number of likely N-dealkylation sites (tertiary alicyclic amines) is 1. The van der Waals surface area contributed by atoms with E-state index in [-0.39, 0.29) is 11.9 Å². The minimum Gasteiger partial charge on any atom is -0.466 e. The summed E-state index contributed by atoms with van der Waals surface area (Å²) in [5, 5.41) is 3.63. The molecular weight excluding hydrogens is 376 g/mol. The Hall–Kier alpha value is -2.08. The smallest absolute Gasteiger partial charge is 0.309 e. The lowest BCUT2D eigenvalue weighted by Crippen LogP contribution is -2.52. The number of rotatable bonds is 6. The third kappa shape index (κ3) is 5.54. The predicted molar refractivity (Wildman–Crippen MR) is 121 cm³/mol. The molecule has 2 aliphatic heterocycles. The van der Waals surface area contributed by atoms with E-state index >= 15 is 0 Å². The Labute approximate surface area is 181 Å². The van der Waals surface area contributed by atoms with Crippen LogP contribution in [0, 0.1) is 11.8 Å². The maximum Gasteiger partial charge on any atom is 0.309 e. The summed E-state index contributed by atoms with van der Waals surface area (Å²) in [7, 11) is 1.85.